The Morgan fingerprint density at radius 3 is 2.42 bits per heavy atom. The first kappa shape index (κ1) is 22.3. The number of amides is 2. The summed E-state index contributed by atoms with van der Waals surface area (Å²) in [6.07, 6.45) is 0.685. The Hall–Kier alpha value is -3.35. The van der Waals surface area contributed by atoms with Crippen molar-refractivity contribution >= 4 is 17.8 Å². The minimum atomic E-state index is -0.434. The van der Waals surface area contributed by atoms with Gasteiger partial charge in [0.15, 0.2) is 6.61 Å². The molecule has 3 rings (SSSR count). The van der Waals surface area contributed by atoms with Crippen LogP contribution in [-0.2, 0) is 9.59 Å². The fourth-order valence-corrected chi connectivity index (χ4v) is 3.52. The van der Waals surface area contributed by atoms with E-state index in [-0.39, 0.29) is 18.4 Å². The Morgan fingerprint density at radius 1 is 0.935 bits per heavy atom. The van der Waals surface area contributed by atoms with Crippen LogP contribution in [0.2, 0.25) is 0 Å². The molecule has 2 aromatic rings. The number of ether oxygens (including phenoxy) is 2. The molecule has 1 fully saturated rings. The predicted molar refractivity (Wildman–Crippen MR) is 116 cm³/mol. The topological polar surface area (TPSA) is 76.2 Å². The smallest absolute Gasteiger partial charge is 0.308 e. The average molecular weight is 424 g/mol. The van der Waals surface area contributed by atoms with Gasteiger partial charge in [-0.2, -0.15) is 0 Å². The number of hydrogen-bond donors (Lipinski definition) is 0. The van der Waals surface area contributed by atoms with Gasteiger partial charge in [-0.25, -0.2) is 0 Å². The maximum absolute atomic E-state index is 12.9. The number of carbonyl (C=O) groups excluding carboxylic acids is 3. The van der Waals surface area contributed by atoms with Crippen LogP contribution in [0.4, 0.5) is 0 Å². The Bertz CT molecular complexity index is 972. The Kier molecular flexibility index (Phi) is 7.28. The van der Waals surface area contributed by atoms with Gasteiger partial charge in [0, 0.05) is 38.7 Å². The monoisotopic (exact) mass is 424 g/mol. The van der Waals surface area contributed by atoms with E-state index in [1.54, 1.807) is 34.1 Å². The van der Waals surface area contributed by atoms with Crippen LogP contribution >= 0.6 is 0 Å². The second-order valence-corrected chi connectivity index (χ2v) is 7.63. The molecule has 0 unspecified atom stereocenters. The zero-order valence-electron chi connectivity index (χ0n) is 18.2. The number of benzene rings is 2. The van der Waals surface area contributed by atoms with Gasteiger partial charge in [0.2, 0.25) is 0 Å². The number of aryl methyl sites for hydroxylation is 1. The molecule has 2 amide bonds. The van der Waals surface area contributed by atoms with E-state index in [0.717, 1.165) is 11.1 Å². The molecular weight excluding hydrogens is 396 g/mol. The molecule has 1 saturated heterocycles. The predicted octanol–water partition coefficient (Wildman–Crippen LogP) is 2.98. The van der Waals surface area contributed by atoms with Crippen molar-refractivity contribution in [2.45, 2.75) is 27.2 Å². The van der Waals surface area contributed by atoms with Gasteiger partial charge in [-0.1, -0.05) is 18.2 Å². The van der Waals surface area contributed by atoms with Crippen molar-refractivity contribution in [2.24, 2.45) is 0 Å². The summed E-state index contributed by atoms with van der Waals surface area (Å²) in [6.45, 7) is 7.29. The van der Waals surface area contributed by atoms with Crippen molar-refractivity contribution in [2.75, 3.05) is 32.8 Å². The van der Waals surface area contributed by atoms with Crippen molar-refractivity contribution in [3.63, 3.8) is 0 Å². The van der Waals surface area contributed by atoms with Crippen LogP contribution in [0.3, 0.4) is 0 Å². The molecule has 0 atom stereocenters. The van der Waals surface area contributed by atoms with Crippen LogP contribution in [0.1, 0.15) is 34.8 Å². The Balaban J connectivity index is 1.57. The fourth-order valence-electron chi connectivity index (χ4n) is 3.52. The normalized spacial score (nSPS) is 14.0. The molecule has 7 nitrogen and oxygen atoms in total. The molecule has 1 aliphatic heterocycles. The summed E-state index contributed by atoms with van der Waals surface area (Å²) in [7, 11) is 0. The molecule has 31 heavy (non-hydrogen) atoms. The molecule has 0 saturated carbocycles. The molecule has 1 aliphatic rings. The number of nitrogens with zero attached hydrogens (tertiary/aromatic N) is 2. The van der Waals surface area contributed by atoms with Crippen LogP contribution in [0, 0.1) is 13.8 Å². The first-order valence-corrected chi connectivity index (χ1v) is 10.4. The fraction of sp³-hybridized carbons (Fsp3) is 0.375. The van der Waals surface area contributed by atoms with Gasteiger partial charge in [-0.15, -0.1) is 0 Å². The van der Waals surface area contributed by atoms with E-state index >= 15 is 0 Å². The van der Waals surface area contributed by atoms with Gasteiger partial charge < -0.3 is 19.3 Å². The van der Waals surface area contributed by atoms with Gasteiger partial charge in [-0.05, 0) is 55.7 Å². The Morgan fingerprint density at radius 2 is 1.65 bits per heavy atom. The van der Waals surface area contributed by atoms with Crippen molar-refractivity contribution in [1.82, 2.24) is 9.80 Å². The molecule has 7 heteroatoms. The second-order valence-electron chi connectivity index (χ2n) is 7.63. The zero-order chi connectivity index (χ0) is 22.4. The van der Waals surface area contributed by atoms with Crippen molar-refractivity contribution in [3.05, 3.63) is 59.2 Å². The maximum atomic E-state index is 12.9. The van der Waals surface area contributed by atoms with Gasteiger partial charge in [0.1, 0.15) is 11.5 Å². The first-order valence-electron chi connectivity index (χ1n) is 10.4. The standard InChI is InChI=1S/C24H28N2O5/c1-17-7-4-10-22(18(17)2)30-16-23(28)25-11-6-12-26(14-13-25)24(29)20-8-5-9-21(15-20)31-19(3)27/h4-5,7-10,15H,6,11-14,16H2,1-3H3. The molecule has 0 N–H and O–H groups in total. The van der Waals surface area contributed by atoms with E-state index in [0.29, 0.717) is 49.7 Å². The molecule has 0 bridgehead atoms. The molecule has 164 valence electrons. The van der Waals surface area contributed by atoms with Gasteiger partial charge >= 0.3 is 5.97 Å². The van der Waals surface area contributed by atoms with E-state index in [1.165, 1.54) is 6.92 Å². The highest BCUT2D eigenvalue weighted by atomic mass is 16.5. The zero-order valence-corrected chi connectivity index (χ0v) is 18.2. The molecule has 0 spiro atoms. The first-order chi connectivity index (χ1) is 14.8. The van der Waals surface area contributed by atoms with Crippen LogP contribution in [-0.4, -0.2) is 60.4 Å². The summed E-state index contributed by atoms with van der Waals surface area (Å²) in [4.78, 5) is 40.2. The molecule has 0 radical (unpaired) electrons. The van der Waals surface area contributed by atoms with Crippen LogP contribution in [0.25, 0.3) is 0 Å². The van der Waals surface area contributed by atoms with Crippen LogP contribution < -0.4 is 9.47 Å². The SMILES string of the molecule is CC(=O)Oc1cccc(C(=O)N2CCCN(C(=O)COc3cccc(C)c3C)CC2)c1. The van der Waals surface area contributed by atoms with E-state index in [9.17, 15) is 14.4 Å². The van der Waals surface area contributed by atoms with Gasteiger partial charge in [0.25, 0.3) is 11.8 Å². The van der Waals surface area contributed by atoms with Gasteiger partial charge in [0.05, 0.1) is 0 Å². The lowest BCUT2D eigenvalue weighted by Gasteiger charge is -2.22. The highest BCUT2D eigenvalue weighted by Crippen LogP contribution is 2.21. The highest BCUT2D eigenvalue weighted by Gasteiger charge is 2.23. The van der Waals surface area contributed by atoms with E-state index in [4.69, 9.17) is 9.47 Å². The lowest BCUT2D eigenvalue weighted by Crippen LogP contribution is -2.39. The van der Waals surface area contributed by atoms with Gasteiger partial charge in [-0.3, -0.25) is 14.4 Å². The number of rotatable bonds is 5. The second kappa shape index (κ2) is 10.1. The van der Waals surface area contributed by atoms with Crippen molar-refractivity contribution < 1.29 is 23.9 Å². The number of carbonyl (C=O) groups is 3. The lowest BCUT2D eigenvalue weighted by molar-refractivity contribution is -0.133. The van der Waals surface area contributed by atoms with E-state index < -0.39 is 5.97 Å². The van der Waals surface area contributed by atoms with Crippen LogP contribution in [0.5, 0.6) is 11.5 Å². The minimum Gasteiger partial charge on any atom is -0.483 e. The quantitative estimate of drug-likeness (QED) is 0.545. The summed E-state index contributed by atoms with van der Waals surface area (Å²) in [5.41, 5.74) is 2.60. The maximum Gasteiger partial charge on any atom is 0.308 e. The molecule has 0 aliphatic carbocycles. The Labute approximate surface area is 182 Å². The van der Waals surface area contributed by atoms with E-state index in [2.05, 4.69) is 0 Å². The third-order valence-electron chi connectivity index (χ3n) is 5.38. The van der Waals surface area contributed by atoms with E-state index in [1.807, 2.05) is 32.0 Å². The summed E-state index contributed by atoms with van der Waals surface area (Å²) in [5.74, 6) is 0.389. The van der Waals surface area contributed by atoms with Crippen LogP contribution in [0.15, 0.2) is 42.5 Å². The van der Waals surface area contributed by atoms with Crippen molar-refractivity contribution in [1.29, 1.82) is 0 Å². The lowest BCUT2D eigenvalue weighted by atomic mass is 10.1. The molecule has 1 heterocycles. The van der Waals surface area contributed by atoms with Crippen molar-refractivity contribution in [3.8, 4) is 11.5 Å². The molecule has 0 aromatic heterocycles. The molecular formula is C24H28N2O5. The number of hydrogen-bond acceptors (Lipinski definition) is 5. The summed E-state index contributed by atoms with van der Waals surface area (Å²) >= 11 is 0. The largest absolute Gasteiger partial charge is 0.483 e. The summed E-state index contributed by atoms with van der Waals surface area (Å²) < 4.78 is 10.8. The number of esters is 1. The summed E-state index contributed by atoms with van der Waals surface area (Å²) in [5, 5.41) is 0. The minimum absolute atomic E-state index is 0.0251. The summed E-state index contributed by atoms with van der Waals surface area (Å²) in [6, 6.07) is 12.4. The average Bonchev–Trinajstić information content (AvgIpc) is 3.00. The molecule has 2 aromatic carbocycles. The third-order valence-corrected chi connectivity index (χ3v) is 5.38. The highest BCUT2D eigenvalue weighted by molar-refractivity contribution is 5.94. The third kappa shape index (κ3) is 5.84.